The van der Waals surface area contributed by atoms with Crippen molar-refractivity contribution in [3.63, 3.8) is 0 Å². The monoisotopic (exact) mass is 268 g/mol. The molecular formula is C10H12ClF3N2O. The molecule has 0 unspecified atom stereocenters. The fourth-order valence-corrected chi connectivity index (χ4v) is 1.08. The Hall–Kier alpha value is -1.27. The molecule has 1 amide bonds. The first-order valence-electron chi connectivity index (χ1n) is 4.56. The fraction of sp³-hybridized carbons (Fsp3) is 0.300. The third-order valence-electron chi connectivity index (χ3n) is 1.97. The molecule has 0 spiro atoms. The van der Waals surface area contributed by atoms with Crippen LogP contribution in [0.4, 0.5) is 13.2 Å². The highest BCUT2D eigenvalue weighted by molar-refractivity contribution is 5.85. The van der Waals surface area contributed by atoms with Crippen LogP contribution in [0.2, 0.25) is 0 Å². The number of alkyl halides is 3. The molecule has 0 aliphatic carbocycles. The Morgan fingerprint density at radius 3 is 2.06 bits per heavy atom. The number of rotatable bonds is 3. The molecule has 7 heteroatoms. The summed E-state index contributed by atoms with van der Waals surface area (Å²) in [6.45, 7) is 0.221. The number of benzene rings is 1. The van der Waals surface area contributed by atoms with Crippen molar-refractivity contribution in [2.45, 2.75) is 19.3 Å². The van der Waals surface area contributed by atoms with Crippen LogP contribution in [0.5, 0.6) is 0 Å². The second-order valence-electron chi connectivity index (χ2n) is 3.20. The summed E-state index contributed by atoms with van der Waals surface area (Å²) >= 11 is 0. The summed E-state index contributed by atoms with van der Waals surface area (Å²) in [6, 6.07) is 6.65. The molecule has 3 nitrogen and oxygen atoms in total. The zero-order valence-corrected chi connectivity index (χ0v) is 9.57. The van der Waals surface area contributed by atoms with Crippen LogP contribution >= 0.6 is 12.4 Å². The molecule has 0 saturated heterocycles. The van der Waals surface area contributed by atoms with Crippen molar-refractivity contribution < 1.29 is 18.0 Å². The molecule has 0 aromatic heterocycles. The highest BCUT2D eigenvalue weighted by atomic mass is 35.5. The normalized spacial score (nSPS) is 10.6. The maximum Gasteiger partial charge on any atom is 0.471 e. The van der Waals surface area contributed by atoms with Gasteiger partial charge in [-0.2, -0.15) is 13.2 Å². The van der Waals surface area contributed by atoms with Crippen LogP contribution in [0, 0.1) is 0 Å². The van der Waals surface area contributed by atoms with Gasteiger partial charge in [-0.3, -0.25) is 4.79 Å². The van der Waals surface area contributed by atoms with Gasteiger partial charge >= 0.3 is 12.1 Å². The Morgan fingerprint density at radius 1 is 1.18 bits per heavy atom. The maximum atomic E-state index is 11.8. The van der Waals surface area contributed by atoms with E-state index in [2.05, 4.69) is 0 Å². The zero-order chi connectivity index (χ0) is 12.2. The van der Waals surface area contributed by atoms with Crippen LogP contribution < -0.4 is 11.1 Å². The number of carbonyl (C=O) groups is 1. The van der Waals surface area contributed by atoms with Crippen molar-refractivity contribution in [2.75, 3.05) is 0 Å². The number of halogens is 4. The first-order chi connectivity index (χ1) is 7.43. The third kappa shape index (κ3) is 5.06. The molecule has 0 aliphatic rings. The molecule has 0 aliphatic heterocycles. The summed E-state index contributed by atoms with van der Waals surface area (Å²) in [6.07, 6.45) is -4.84. The molecule has 3 N–H and O–H groups in total. The number of hydrogen-bond donors (Lipinski definition) is 2. The SMILES string of the molecule is Cl.NCc1ccc(CNC(=O)C(F)(F)F)cc1. The lowest BCUT2D eigenvalue weighted by molar-refractivity contribution is -0.173. The number of hydrogen-bond acceptors (Lipinski definition) is 2. The Balaban J connectivity index is 0.00000256. The minimum absolute atomic E-state index is 0. The van der Waals surface area contributed by atoms with Gasteiger partial charge in [0.15, 0.2) is 0 Å². The van der Waals surface area contributed by atoms with Crippen molar-refractivity contribution in [3.05, 3.63) is 35.4 Å². The van der Waals surface area contributed by atoms with E-state index < -0.39 is 12.1 Å². The van der Waals surface area contributed by atoms with E-state index in [0.717, 1.165) is 5.56 Å². The van der Waals surface area contributed by atoms with Gasteiger partial charge in [-0.1, -0.05) is 24.3 Å². The molecule has 96 valence electrons. The van der Waals surface area contributed by atoms with Gasteiger partial charge in [0.05, 0.1) is 0 Å². The summed E-state index contributed by atoms with van der Waals surface area (Å²) in [5.74, 6) is -1.93. The standard InChI is InChI=1S/C10H11F3N2O.ClH/c11-10(12,13)9(16)15-6-8-3-1-7(5-14)2-4-8;/h1-4H,5-6,14H2,(H,15,16);1H. The lowest BCUT2D eigenvalue weighted by atomic mass is 10.1. The molecule has 0 atom stereocenters. The molecule has 0 saturated carbocycles. The number of nitrogens with two attached hydrogens (primary N) is 1. The van der Waals surface area contributed by atoms with Crippen molar-refractivity contribution in [2.24, 2.45) is 5.73 Å². The summed E-state index contributed by atoms with van der Waals surface area (Å²) in [5, 5.41) is 1.78. The molecule has 17 heavy (non-hydrogen) atoms. The van der Waals surface area contributed by atoms with Gasteiger partial charge in [-0.25, -0.2) is 0 Å². The van der Waals surface area contributed by atoms with E-state index >= 15 is 0 Å². The second-order valence-corrected chi connectivity index (χ2v) is 3.20. The molecule has 0 radical (unpaired) electrons. The molecule has 0 heterocycles. The van der Waals surface area contributed by atoms with Crippen LogP contribution in [0.15, 0.2) is 24.3 Å². The van der Waals surface area contributed by atoms with Gasteiger partial charge < -0.3 is 11.1 Å². The van der Waals surface area contributed by atoms with E-state index in [-0.39, 0.29) is 19.0 Å². The fourth-order valence-electron chi connectivity index (χ4n) is 1.08. The Bertz CT molecular complexity index is 365. The third-order valence-corrected chi connectivity index (χ3v) is 1.97. The van der Waals surface area contributed by atoms with E-state index in [0.29, 0.717) is 12.1 Å². The number of carbonyl (C=O) groups excluding carboxylic acids is 1. The number of nitrogens with one attached hydrogen (secondary N) is 1. The second kappa shape index (κ2) is 6.46. The summed E-state index contributed by atoms with van der Waals surface area (Å²) in [5.41, 5.74) is 6.83. The number of amides is 1. The van der Waals surface area contributed by atoms with Gasteiger partial charge in [-0.15, -0.1) is 12.4 Å². The molecule has 1 aromatic carbocycles. The molecule has 1 aromatic rings. The van der Waals surface area contributed by atoms with Gasteiger partial charge in [0.1, 0.15) is 0 Å². The molecule has 0 bridgehead atoms. The molecular weight excluding hydrogens is 257 g/mol. The van der Waals surface area contributed by atoms with Gasteiger partial charge in [0.25, 0.3) is 0 Å². The lowest BCUT2D eigenvalue weighted by Gasteiger charge is -2.08. The van der Waals surface area contributed by atoms with Crippen molar-refractivity contribution in [1.82, 2.24) is 5.32 Å². The first-order valence-corrected chi connectivity index (χ1v) is 4.56. The van der Waals surface area contributed by atoms with E-state index in [9.17, 15) is 18.0 Å². The Labute approximate surface area is 103 Å². The molecule has 1 rings (SSSR count). The van der Waals surface area contributed by atoms with Crippen LogP contribution in [-0.4, -0.2) is 12.1 Å². The minimum Gasteiger partial charge on any atom is -0.344 e. The van der Waals surface area contributed by atoms with Crippen LogP contribution in [0.25, 0.3) is 0 Å². The zero-order valence-electron chi connectivity index (χ0n) is 8.75. The largest absolute Gasteiger partial charge is 0.471 e. The van der Waals surface area contributed by atoms with E-state index in [4.69, 9.17) is 5.73 Å². The van der Waals surface area contributed by atoms with Gasteiger partial charge in [0, 0.05) is 13.1 Å². The van der Waals surface area contributed by atoms with Crippen LogP contribution in [-0.2, 0) is 17.9 Å². The van der Waals surface area contributed by atoms with E-state index in [1.807, 2.05) is 0 Å². The summed E-state index contributed by atoms with van der Waals surface area (Å²) in [4.78, 5) is 10.5. The minimum atomic E-state index is -4.84. The van der Waals surface area contributed by atoms with E-state index in [1.54, 1.807) is 29.6 Å². The highest BCUT2D eigenvalue weighted by Crippen LogP contribution is 2.14. The smallest absolute Gasteiger partial charge is 0.344 e. The Kier molecular flexibility index (Phi) is 5.98. The van der Waals surface area contributed by atoms with Crippen LogP contribution in [0.1, 0.15) is 11.1 Å². The van der Waals surface area contributed by atoms with Crippen molar-refractivity contribution in [3.8, 4) is 0 Å². The van der Waals surface area contributed by atoms with Gasteiger partial charge in [0.2, 0.25) is 0 Å². The lowest BCUT2D eigenvalue weighted by Crippen LogP contribution is -2.36. The Morgan fingerprint density at radius 2 is 1.65 bits per heavy atom. The van der Waals surface area contributed by atoms with Crippen molar-refractivity contribution >= 4 is 18.3 Å². The highest BCUT2D eigenvalue weighted by Gasteiger charge is 2.38. The summed E-state index contributed by atoms with van der Waals surface area (Å²) < 4.78 is 35.5. The van der Waals surface area contributed by atoms with E-state index in [1.165, 1.54) is 0 Å². The summed E-state index contributed by atoms with van der Waals surface area (Å²) in [7, 11) is 0. The predicted octanol–water partition coefficient (Wildman–Crippen LogP) is 1.75. The van der Waals surface area contributed by atoms with Crippen LogP contribution in [0.3, 0.4) is 0 Å². The van der Waals surface area contributed by atoms with Crippen molar-refractivity contribution in [1.29, 1.82) is 0 Å². The maximum absolute atomic E-state index is 11.8. The topological polar surface area (TPSA) is 55.1 Å². The first kappa shape index (κ1) is 15.7. The average molecular weight is 269 g/mol. The predicted molar refractivity (Wildman–Crippen MR) is 59.5 cm³/mol. The average Bonchev–Trinajstić information content (AvgIpc) is 2.25. The quantitative estimate of drug-likeness (QED) is 0.877. The van der Waals surface area contributed by atoms with Gasteiger partial charge in [-0.05, 0) is 11.1 Å². The molecule has 0 fully saturated rings.